The number of furan rings is 1. The minimum atomic E-state index is 0.854. The van der Waals surface area contributed by atoms with Crippen LogP contribution in [0.15, 0.2) is 199 Å². The third kappa shape index (κ3) is 4.86. The molecule has 1 aliphatic heterocycles. The van der Waals surface area contributed by atoms with Crippen LogP contribution in [0.1, 0.15) is 11.1 Å². The van der Waals surface area contributed by atoms with E-state index >= 15 is 0 Å². The Kier molecular flexibility index (Phi) is 6.93. The molecule has 12 rings (SSSR count). The first-order valence-electron chi connectivity index (χ1n) is 19.5. The highest BCUT2D eigenvalue weighted by atomic mass is 16.3. The molecule has 0 spiro atoms. The van der Waals surface area contributed by atoms with E-state index in [-0.39, 0.29) is 0 Å². The Balaban J connectivity index is 1.16. The van der Waals surface area contributed by atoms with Crippen molar-refractivity contribution in [2.45, 2.75) is 0 Å². The number of aromatic nitrogens is 1. The second kappa shape index (κ2) is 12.5. The number of fused-ring (bicyclic) bond motifs is 11. The standard InChI is InChI=1S/C54H34N2O/c1-3-13-35(14-4-1)39-18-9-20-41(33-39)55(42-21-10-19-40(34-42)36-15-5-2-6-16-36)48-25-12-26-49-52(48)51-44-30-29-38-28-27-37-17-11-23-45-43-22-7-8-24-47(43)56(53(37)45)54(38)46(44)31-32-50(51)57-49/h1-34H. The van der Waals surface area contributed by atoms with Crippen molar-refractivity contribution in [2.24, 2.45) is 0 Å². The topological polar surface area (TPSA) is 21.3 Å². The van der Waals surface area contributed by atoms with Crippen LogP contribution in [0.5, 0.6) is 0 Å². The van der Waals surface area contributed by atoms with Crippen LogP contribution in [0.3, 0.4) is 0 Å². The summed E-state index contributed by atoms with van der Waals surface area (Å²) in [5, 5.41) is 7.06. The number of para-hydroxylation sites is 2. The lowest BCUT2D eigenvalue weighted by Crippen LogP contribution is -2.10. The maximum Gasteiger partial charge on any atom is 0.137 e. The van der Waals surface area contributed by atoms with Crippen molar-refractivity contribution in [1.82, 2.24) is 4.57 Å². The predicted octanol–water partition coefficient (Wildman–Crippen LogP) is 15.1. The average Bonchev–Trinajstić information content (AvgIpc) is 3.77. The molecule has 2 aromatic heterocycles. The minimum absolute atomic E-state index is 0.854. The van der Waals surface area contributed by atoms with Crippen LogP contribution in [0, 0.1) is 0 Å². The number of rotatable bonds is 5. The highest BCUT2D eigenvalue weighted by molar-refractivity contribution is 6.25. The van der Waals surface area contributed by atoms with Gasteiger partial charge in [-0.2, -0.15) is 0 Å². The molecule has 0 unspecified atom stereocenters. The van der Waals surface area contributed by atoms with Crippen molar-refractivity contribution in [2.75, 3.05) is 4.90 Å². The first-order valence-corrected chi connectivity index (χ1v) is 19.5. The second-order valence-corrected chi connectivity index (χ2v) is 14.9. The third-order valence-corrected chi connectivity index (χ3v) is 11.7. The Bertz CT molecular complexity index is 3320. The third-order valence-electron chi connectivity index (χ3n) is 11.7. The van der Waals surface area contributed by atoms with E-state index in [1.54, 1.807) is 0 Å². The molecule has 0 saturated heterocycles. The summed E-state index contributed by atoms with van der Waals surface area (Å²) in [6, 6.07) is 69.9. The van der Waals surface area contributed by atoms with Crippen LogP contribution in [-0.2, 0) is 0 Å². The van der Waals surface area contributed by atoms with Crippen LogP contribution >= 0.6 is 0 Å². The molecule has 3 heteroatoms. The molecule has 3 heterocycles. The summed E-state index contributed by atoms with van der Waals surface area (Å²) in [7, 11) is 0. The molecule has 0 atom stereocenters. The molecule has 1 aliphatic rings. The fourth-order valence-corrected chi connectivity index (χ4v) is 9.20. The van der Waals surface area contributed by atoms with Crippen LogP contribution in [0.4, 0.5) is 17.1 Å². The molecule has 0 N–H and O–H groups in total. The van der Waals surface area contributed by atoms with Gasteiger partial charge in [-0.25, -0.2) is 0 Å². The van der Waals surface area contributed by atoms with E-state index in [1.807, 2.05) is 0 Å². The van der Waals surface area contributed by atoms with E-state index < -0.39 is 0 Å². The Morgan fingerprint density at radius 2 is 0.982 bits per heavy atom. The molecular weight excluding hydrogens is 693 g/mol. The van der Waals surface area contributed by atoms with E-state index in [9.17, 15) is 0 Å². The Morgan fingerprint density at radius 1 is 0.386 bits per heavy atom. The molecule has 11 aromatic rings. The highest BCUT2D eigenvalue weighted by Crippen LogP contribution is 2.48. The average molecular weight is 727 g/mol. The monoisotopic (exact) mass is 726 g/mol. The van der Waals surface area contributed by atoms with Crippen molar-refractivity contribution in [1.29, 1.82) is 0 Å². The number of anilines is 3. The molecule has 0 bridgehead atoms. The molecule has 266 valence electrons. The number of nitrogens with zero attached hydrogens (tertiary/aromatic N) is 2. The normalized spacial score (nSPS) is 12.1. The summed E-state index contributed by atoms with van der Waals surface area (Å²) >= 11 is 0. The summed E-state index contributed by atoms with van der Waals surface area (Å²) in [6.45, 7) is 0. The fraction of sp³-hybridized carbons (Fsp3) is 0. The molecule has 9 aromatic carbocycles. The van der Waals surface area contributed by atoms with Gasteiger partial charge < -0.3 is 13.9 Å². The van der Waals surface area contributed by atoms with Gasteiger partial charge in [-0.1, -0.05) is 152 Å². The van der Waals surface area contributed by atoms with Crippen LogP contribution in [0.2, 0.25) is 0 Å². The second-order valence-electron chi connectivity index (χ2n) is 14.9. The zero-order valence-electron chi connectivity index (χ0n) is 30.9. The molecule has 0 radical (unpaired) electrons. The maximum atomic E-state index is 6.80. The zero-order chi connectivity index (χ0) is 37.5. The van der Waals surface area contributed by atoms with Gasteiger partial charge in [0.2, 0.25) is 0 Å². The van der Waals surface area contributed by atoms with Gasteiger partial charge in [0.25, 0.3) is 0 Å². The smallest absolute Gasteiger partial charge is 0.137 e. The molecule has 3 nitrogen and oxygen atoms in total. The largest absolute Gasteiger partial charge is 0.456 e. The first-order chi connectivity index (χ1) is 28.3. The predicted molar refractivity (Wildman–Crippen MR) is 240 cm³/mol. The maximum absolute atomic E-state index is 6.80. The highest BCUT2D eigenvalue weighted by Gasteiger charge is 2.25. The van der Waals surface area contributed by atoms with Crippen molar-refractivity contribution < 1.29 is 4.42 Å². The van der Waals surface area contributed by atoms with Crippen molar-refractivity contribution in [3.05, 3.63) is 205 Å². The van der Waals surface area contributed by atoms with Crippen LogP contribution in [0.25, 0.3) is 94.6 Å². The zero-order valence-corrected chi connectivity index (χ0v) is 30.9. The van der Waals surface area contributed by atoms with Gasteiger partial charge in [-0.05, 0) is 93.4 Å². The Hall–Kier alpha value is -7.62. The molecule has 0 aliphatic carbocycles. The van der Waals surface area contributed by atoms with Gasteiger partial charge >= 0.3 is 0 Å². The van der Waals surface area contributed by atoms with Crippen LogP contribution in [-0.4, -0.2) is 4.57 Å². The van der Waals surface area contributed by atoms with Gasteiger partial charge in [0.15, 0.2) is 0 Å². The summed E-state index contributed by atoms with van der Waals surface area (Å²) in [6.07, 6.45) is 4.54. The molecular formula is C54H34N2O. The van der Waals surface area contributed by atoms with Crippen molar-refractivity contribution in [3.8, 4) is 27.9 Å². The molecule has 0 amide bonds. The minimum Gasteiger partial charge on any atom is -0.456 e. The first kappa shape index (κ1) is 31.7. The van der Waals surface area contributed by atoms with E-state index in [2.05, 4.69) is 216 Å². The van der Waals surface area contributed by atoms with E-state index in [0.717, 1.165) is 55.5 Å². The van der Waals surface area contributed by atoms with Crippen LogP contribution < -0.4 is 4.90 Å². The number of hydrogen-bond donors (Lipinski definition) is 0. The summed E-state index contributed by atoms with van der Waals surface area (Å²) in [5.74, 6) is 0. The number of benzene rings is 9. The lowest BCUT2D eigenvalue weighted by atomic mass is 9.97. The van der Waals surface area contributed by atoms with Crippen molar-refractivity contribution in [3.63, 3.8) is 0 Å². The SMILES string of the molecule is C1=Cc2cccc3c4ccccc4n(c23)-c2c1ccc1c2ccc2oc3cccc(N(c4cccc(-c5ccccc5)c4)c4cccc(-c5ccccc5)c4)c3c21. The summed E-state index contributed by atoms with van der Waals surface area (Å²) in [4.78, 5) is 2.40. The van der Waals surface area contributed by atoms with Gasteiger partial charge in [0.05, 0.1) is 27.8 Å². The van der Waals surface area contributed by atoms with E-state index in [0.29, 0.717) is 0 Å². The summed E-state index contributed by atoms with van der Waals surface area (Å²) < 4.78 is 9.29. The van der Waals surface area contributed by atoms with Gasteiger partial charge in [-0.3, -0.25) is 0 Å². The Morgan fingerprint density at radius 3 is 1.74 bits per heavy atom. The van der Waals surface area contributed by atoms with Gasteiger partial charge in [-0.15, -0.1) is 0 Å². The lowest BCUT2D eigenvalue weighted by molar-refractivity contribution is 0.669. The molecule has 0 fully saturated rings. The Labute approximate surface area is 329 Å². The molecule has 57 heavy (non-hydrogen) atoms. The number of hydrogen-bond acceptors (Lipinski definition) is 2. The van der Waals surface area contributed by atoms with Crippen molar-refractivity contribution >= 4 is 83.7 Å². The lowest BCUT2D eigenvalue weighted by Gasteiger charge is -2.27. The fourth-order valence-electron chi connectivity index (χ4n) is 9.20. The van der Waals surface area contributed by atoms with Gasteiger partial charge in [0, 0.05) is 32.9 Å². The summed E-state index contributed by atoms with van der Waals surface area (Å²) in [5.41, 5.74) is 15.6. The molecule has 0 saturated carbocycles. The quantitative estimate of drug-likeness (QED) is 0.176. The van der Waals surface area contributed by atoms with E-state index in [4.69, 9.17) is 4.42 Å². The van der Waals surface area contributed by atoms with Gasteiger partial charge in [0.1, 0.15) is 11.2 Å². The van der Waals surface area contributed by atoms with E-state index in [1.165, 1.54) is 55.1 Å².